The first-order valence-electron chi connectivity index (χ1n) is 18.1. The highest BCUT2D eigenvalue weighted by Gasteiger charge is 2.29. The van der Waals surface area contributed by atoms with Gasteiger partial charge in [-0.25, -0.2) is 4.79 Å². The summed E-state index contributed by atoms with van der Waals surface area (Å²) < 4.78 is 18.0. The molecule has 0 atom stereocenters. The van der Waals surface area contributed by atoms with Gasteiger partial charge in [0, 0.05) is 11.1 Å². The van der Waals surface area contributed by atoms with E-state index in [1.54, 1.807) is 0 Å². The summed E-state index contributed by atoms with van der Waals surface area (Å²) in [6.07, 6.45) is 25.2. The van der Waals surface area contributed by atoms with E-state index in [9.17, 15) is 15.0 Å². The van der Waals surface area contributed by atoms with Gasteiger partial charge in [-0.05, 0) is 38.5 Å². The van der Waals surface area contributed by atoms with Crippen LogP contribution in [-0.4, -0.2) is 29.6 Å². The molecule has 0 radical (unpaired) electrons. The third-order valence-corrected chi connectivity index (χ3v) is 8.29. The van der Waals surface area contributed by atoms with Crippen LogP contribution in [0.4, 0.5) is 4.79 Å². The molecule has 0 spiro atoms. The number of benzene rings is 1. The monoisotopic (exact) mass is 606 g/mol. The average Bonchev–Trinajstić information content (AvgIpc) is 2.99. The lowest BCUT2D eigenvalue weighted by molar-refractivity contribution is 0.139. The lowest BCUT2D eigenvalue weighted by Crippen LogP contribution is -2.12. The van der Waals surface area contributed by atoms with Crippen LogP contribution in [-0.2, 0) is 12.8 Å². The smallest absolute Gasteiger partial charge is 0.504 e. The normalized spacial score (nSPS) is 11.2. The van der Waals surface area contributed by atoms with Crippen LogP contribution in [0.1, 0.15) is 180 Å². The lowest BCUT2D eigenvalue weighted by Gasteiger charge is -2.23. The van der Waals surface area contributed by atoms with E-state index in [4.69, 9.17) is 14.2 Å². The van der Waals surface area contributed by atoms with Crippen LogP contribution < -0.4 is 14.2 Å². The molecule has 0 aliphatic rings. The molecule has 0 aromatic heterocycles. The van der Waals surface area contributed by atoms with Crippen molar-refractivity contribution in [2.45, 2.75) is 182 Å². The number of phenolic OH excluding ortho intramolecular Hbond substituents is 1. The lowest BCUT2D eigenvalue weighted by atomic mass is 9.94. The highest BCUT2D eigenvalue weighted by atomic mass is 16.7. The summed E-state index contributed by atoms with van der Waals surface area (Å²) in [7, 11) is 0. The maximum absolute atomic E-state index is 11.8. The van der Waals surface area contributed by atoms with Crippen molar-refractivity contribution in [3.05, 3.63) is 11.1 Å². The molecule has 250 valence electrons. The van der Waals surface area contributed by atoms with Gasteiger partial charge in [-0.1, -0.05) is 143 Å². The van der Waals surface area contributed by atoms with Crippen molar-refractivity contribution in [2.75, 3.05) is 13.2 Å². The van der Waals surface area contributed by atoms with Crippen molar-refractivity contribution in [2.24, 2.45) is 0 Å². The third-order valence-electron chi connectivity index (χ3n) is 8.29. The largest absolute Gasteiger partial charge is 0.511 e. The Balaban J connectivity index is 3.18. The zero-order valence-corrected chi connectivity index (χ0v) is 28.4. The molecule has 0 saturated carbocycles. The highest BCUT2D eigenvalue weighted by molar-refractivity contribution is 5.72. The van der Waals surface area contributed by atoms with Gasteiger partial charge in [-0.15, -0.1) is 0 Å². The minimum Gasteiger partial charge on any atom is -0.504 e. The van der Waals surface area contributed by atoms with E-state index in [-0.39, 0.29) is 17.2 Å². The molecule has 1 aromatic carbocycles. The van der Waals surface area contributed by atoms with E-state index in [1.807, 2.05) is 0 Å². The molecule has 0 aliphatic heterocycles. The van der Waals surface area contributed by atoms with Gasteiger partial charge in [0.1, 0.15) is 0 Å². The quantitative estimate of drug-likeness (QED) is 0.0536. The Hall–Kier alpha value is -2.11. The number of hydrogen-bond acceptors (Lipinski definition) is 5. The Morgan fingerprint density at radius 1 is 0.488 bits per heavy atom. The highest BCUT2D eigenvalue weighted by Crippen LogP contribution is 2.51. The van der Waals surface area contributed by atoms with E-state index in [0.717, 1.165) is 88.2 Å². The van der Waals surface area contributed by atoms with Gasteiger partial charge in [0.15, 0.2) is 11.5 Å². The fourth-order valence-electron chi connectivity index (χ4n) is 5.69. The molecule has 1 rings (SSSR count). The Bertz CT molecular complexity index is 837. The number of unbranched alkanes of at least 4 members (excludes halogenated alkanes) is 18. The summed E-state index contributed by atoms with van der Waals surface area (Å²) in [5.74, 6) is 0.631. The first-order valence-corrected chi connectivity index (χ1v) is 18.1. The van der Waals surface area contributed by atoms with Gasteiger partial charge in [-0.3, -0.25) is 0 Å². The Morgan fingerprint density at radius 2 is 0.860 bits per heavy atom. The van der Waals surface area contributed by atoms with Crippen molar-refractivity contribution in [1.82, 2.24) is 0 Å². The average molecular weight is 607 g/mol. The predicted molar refractivity (Wildman–Crippen MR) is 179 cm³/mol. The van der Waals surface area contributed by atoms with Gasteiger partial charge in [0.25, 0.3) is 0 Å². The van der Waals surface area contributed by atoms with Crippen LogP contribution in [0.2, 0.25) is 0 Å². The Labute approximate surface area is 264 Å². The number of carbonyl (C=O) groups is 1. The zero-order valence-electron chi connectivity index (χ0n) is 28.4. The van der Waals surface area contributed by atoms with Crippen LogP contribution >= 0.6 is 0 Å². The van der Waals surface area contributed by atoms with Crippen LogP contribution in [0.25, 0.3) is 0 Å². The van der Waals surface area contributed by atoms with E-state index in [2.05, 4.69) is 27.7 Å². The molecule has 0 bridgehead atoms. The minimum absolute atomic E-state index is 0.102. The zero-order chi connectivity index (χ0) is 31.5. The summed E-state index contributed by atoms with van der Waals surface area (Å²) in [6, 6.07) is 0. The van der Waals surface area contributed by atoms with E-state index in [0.29, 0.717) is 25.4 Å². The molecule has 6 heteroatoms. The number of carboxylic acid groups (broad SMARTS) is 1. The summed E-state index contributed by atoms with van der Waals surface area (Å²) in [5, 5.41) is 21.0. The number of hydrogen-bond donors (Lipinski definition) is 2. The Kier molecular flexibility index (Phi) is 23.8. The molecular weight excluding hydrogens is 540 g/mol. The second-order valence-electron chi connectivity index (χ2n) is 12.2. The fraction of sp³-hybridized carbons (Fsp3) is 0.811. The second-order valence-corrected chi connectivity index (χ2v) is 12.2. The van der Waals surface area contributed by atoms with Crippen LogP contribution in [0, 0.1) is 0 Å². The summed E-state index contributed by atoms with van der Waals surface area (Å²) >= 11 is 0. The van der Waals surface area contributed by atoms with Crippen molar-refractivity contribution in [1.29, 1.82) is 0 Å². The van der Waals surface area contributed by atoms with E-state index in [1.165, 1.54) is 70.6 Å². The number of aromatic hydroxyl groups is 1. The summed E-state index contributed by atoms with van der Waals surface area (Å²) in [6.45, 7) is 9.78. The van der Waals surface area contributed by atoms with Crippen molar-refractivity contribution in [3.8, 4) is 23.0 Å². The molecule has 0 unspecified atom stereocenters. The molecule has 0 fully saturated rings. The number of rotatable bonds is 29. The SMILES string of the molecule is CCCCCCCCCCOc1c(CCCCC)c(CCCCC)c(O)c(OC(=O)O)c1OCCCCCCCCCC. The standard InChI is InChI=1S/C37H66O6/c1-5-9-13-15-17-19-21-25-29-41-34-32(28-24-12-8-4)31(27-23-11-7-3)33(38)35(43-37(39)40)36(34)42-30-26-22-20-18-16-14-10-6-2/h38H,5-30H2,1-4H3,(H,39,40). The first kappa shape index (κ1) is 38.9. The van der Waals surface area contributed by atoms with Gasteiger partial charge in [0.05, 0.1) is 13.2 Å². The van der Waals surface area contributed by atoms with Gasteiger partial charge >= 0.3 is 6.16 Å². The summed E-state index contributed by atoms with van der Waals surface area (Å²) in [4.78, 5) is 11.8. The van der Waals surface area contributed by atoms with E-state index < -0.39 is 6.16 Å². The molecule has 0 heterocycles. The van der Waals surface area contributed by atoms with Crippen LogP contribution in [0.3, 0.4) is 0 Å². The van der Waals surface area contributed by atoms with Crippen LogP contribution in [0.15, 0.2) is 0 Å². The van der Waals surface area contributed by atoms with Crippen molar-refractivity contribution < 1.29 is 29.2 Å². The maximum atomic E-state index is 11.8. The van der Waals surface area contributed by atoms with Crippen molar-refractivity contribution in [3.63, 3.8) is 0 Å². The fourth-order valence-corrected chi connectivity index (χ4v) is 5.69. The second kappa shape index (κ2) is 26.3. The van der Waals surface area contributed by atoms with E-state index >= 15 is 0 Å². The van der Waals surface area contributed by atoms with Crippen LogP contribution in [0.5, 0.6) is 23.0 Å². The first-order chi connectivity index (χ1) is 21.0. The van der Waals surface area contributed by atoms with Gasteiger partial charge in [-0.2, -0.15) is 0 Å². The van der Waals surface area contributed by atoms with Gasteiger partial charge < -0.3 is 24.4 Å². The minimum atomic E-state index is -1.46. The number of phenols is 1. The Morgan fingerprint density at radius 3 is 1.30 bits per heavy atom. The molecule has 0 amide bonds. The predicted octanol–water partition coefficient (Wildman–Crippen LogP) is 12.0. The molecule has 1 aromatic rings. The summed E-state index contributed by atoms with van der Waals surface area (Å²) in [5.41, 5.74) is 1.72. The molecular formula is C37H66O6. The molecule has 0 aliphatic carbocycles. The molecule has 0 saturated heterocycles. The molecule has 6 nitrogen and oxygen atoms in total. The maximum Gasteiger partial charge on any atom is 0.511 e. The topological polar surface area (TPSA) is 85.2 Å². The molecule has 43 heavy (non-hydrogen) atoms. The third kappa shape index (κ3) is 17.1. The molecule has 2 N–H and O–H groups in total. The van der Waals surface area contributed by atoms with Gasteiger partial charge in [0.2, 0.25) is 11.5 Å². The number of ether oxygens (including phenoxy) is 3. The van der Waals surface area contributed by atoms with Crippen molar-refractivity contribution >= 4 is 6.16 Å².